The average molecular weight is 407 g/mol. The van der Waals surface area contributed by atoms with E-state index in [-0.39, 0.29) is 31.3 Å². The van der Waals surface area contributed by atoms with Gasteiger partial charge in [0.15, 0.2) is 0 Å². The van der Waals surface area contributed by atoms with Gasteiger partial charge < -0.3 is 19.9 Å². The number of fused-ring (bicyclic) bond motifs is 1. The number of benzene rings is 2. The Balaban J connectivity index is 1.30. The third-order valence-corrected chi connectivity index (χ3v) is 4.95. The highest BCUT2D eigenvalue weighted by Crippen LogP contribution is 2.26. The second kappa shape index (κ2) is 8.24. The van der Waals surface area contributed by atoms with E-state index in [4.69, 9.17) is 4.74 Å². The van der Waals surface area contributed by atoms with Gasteiger partial charge in [-0.05, 0) is 36.4 Å². The highest BCUT2D eigenvalue weighted by atomic mass is 16.5. The molecule has 154 valence electrons. The fourth-order valence-corrected chi connectivity index (χ4v) is 3.39. The summed E-state index contributed by atoms with van der Waals surface area (Å²) in [7, 11) is 1.57. The number of anilines is 2. The van der Waals surface area contributed by atoms with Crippen molar-refractivity contribution in [3.8, 4) is 5.75 Å². The summed E-state index contributed by atoms with van der Waals surface area (Å²) < 4.78 is 5.12. The Bertz CT molecular complexity index is 1060. The van der Waals surface area contributed by atoms with Gasteiger partial charge in [0, 0.05) is 18.7 Å². The van der Waals surface area contributed by atoms with E-state index in [0.29, 0.717) is 17.4 Å². The predicted molar refractivity (Wildman–Crippen MR) is 111 cm³/mol. The second-order valence-corrected chi connectivity index (χ2v) is 6.97. The lowest BCUT2D eigenvalue weighted by atomic mass is 10.1. The van der Waals surface area contributed by atoms with Gasteiger partial charge in [0.05, 0.1) is 30.6 Å². The largest absolute Gasteiger partial charge is 0.497 e. The molecular formula is C21H21N5O4. The highest BCUT2D eigenvalue weighted by Gasteiger charge is 2.35. The zero-order chi connectivity index (χ0) is 21.1. The van der Waals surface area contributed by atoms with E-state index in [9.17, 15) is 14.4 Å². The first kappa shape index (κ1) is 19.4. The molecule has 3 N–H and O–H groups in total. The van der Waals surface area contributed by atoms with Crippen LogP contribution in [0.1, 0.15) is 6.42 Å². The standard InChI is InChI=1S/C21H21N5O4/c1-30-15-8-6-14(7-9-15)26-12-13(10-19(26)28)20(29)22-11-18(27)25-21-23-16-4-2-3-5-17(16)24-21/h2-9,13H,10-12H2,1H3,(H,22,29)(H2,23,24,25,27)/t13-/m1/s1. The number of carbonyl (C=O) groups excluding carboxylic acids is 3. The van der Waals surface area contributed by atoms with Crippen molar-refractivity contribution in [1.29, 1.82) is 0 Å². The lowest BCUT2D eigenvalue weighted by Gasteiger charge is -2.17. The van der Waals surface area contributed by atoms with Crippen LogP contribution in [0, 0.1) is 5.92 Å². The Kier molecular flexibility index (Phi) is 5.34. The number of carbonyl (C=O) groups is 3. The number of ether oxygens (including phenoxy) is 1. The third-order valence-electron chi connectivity index (χ3n) is 4.95. The minimum absolute atomic E-state index is 0.100. The Morgan fingerprint density at radius 2 is 1.97 bits per heavy atom. The molecule has 2 heterocycles. The van der Waals surface area contributed by atoms with Gasteiger partial charge in [-0.25, -0.2) is 4.98 Å². The van der Waals surface area contributed by atoms with Crippen LogP contribution in [0.3, 0.4) is 0 Å². The summed E-state index contributed by atoms with van der Waals surface area (Å²) in [5.74, 6) is -0.379. The lowest BCUT2D eigenvalue weighted by molar-refractivity contribution is -0.127. The molecule has 1 saturated heterocycles. The molecule has 0 saturated carbocycles. The van der Waals surface area contributed by atoms with E-state index in [1.165, 1.54) is 0 Å². The fraction of sp³-hybridized carbons (Fsp3) is 0.238. The Morgan fingerprint density at radius 3 is 2.70 bits per heavy atom. The average Bonchev–Trinajstić information content (AvgIpc) is 3.35. The summed E-state index contributed by atoms with van der Waals surface area (Å²) in [5.41, 5.74) is 2.25. The first-order valence-corrected chi connectivity index (χ1v) is 9.50. The quantitative estimate of drug-likeness (QED) is 0.575. The molecule has 1 aliphatic heterocycles. The molecule has 3 aromatic rings. The number of nitrogens with one attached hydrogen (secondary N) is 3. The van der Waals surface area contributed by atoms with Gasteiger partial charge in [0.2, 0.25) is 23.7 Å². The van der Waals surface area contributed by atoms with E-state index < -0.39 is 11.8 Å². The fourth-order valence-electron chi connectivity index (χ4n) is 3.39. The van der Waals surface area contributed by atoms with Gasteiger partial charge in [0.25, 0.3) is 0 Å². The van der Waals surface area contributed by atoms with Crippen molar-refractivity contribution in [2.45, 2.75) is 6.42 Å². The van der Waals surface area contributed by atoms with Crippen molar-refractivity contribution in [2.24, 2.45) is 5.92 Å². The van der Waals surface area contributed by atoms with Crippen LogP contribution in [0.5, 0.6) is 5.75 Å². The summed E-state index contributed by atoms with van der Waals surface area (Å²) in [6, 6.07) is 14.5. The molecule has 9 heteroatoms. The molecule has 1 aliphatic rings. The normalized spacial score (nSPS) is 16.0. The lowest BCUT2D eigenvalue weighted by Crippen LogP contribution is -2.38. The van der Waals surface area contributed by atoms with E-state index in [1.807, 2.05) is 24.3 Å². The van der Waals surface area contributed by atoms with E-state index in [0.717, 1.165) is 11.0 Å². The maximum atomic E-state index is 12.5. The van der Waals surface area contributed by atoms with Crippen molar-refractivity contribution in [2.75, 3.05) is 30.4 Å². The van der Waals surface area contributed by atoms with Crippen molar-refractivity contribution in [1.82, 2.24) is 15.3 Å². The number of aromatic nitrogens is 2. The number of nitrogens with zero attached hydrogens (tertiary/aromatic N) is 2. The first-order chi connectivity index (χ1) is 14.5. The number of rotatable bonds is 6. The number of hydrogen-bond acceptors (Lipinski definition) is 5. The Hall–Kier alpha value is -3.88. The van der Waals surface area contributed by atoms with Crippen LogP contribution in [0.2, 0.25) is 0 Å². The predicted octanol–water partition coefficient (Wildman–Crippen LogP) is 1.68. The van der Waals surface area contributed by atoms with Gasteiger partial charge in [-0.2, -0.15) is 0 Å². The molecule has 1 aromatic heterocycles. The minimum Gasteiger partial charge on any atom is -0.497 e. The van der Waals surface area contributed by atoms with Crippen LogP contribution in [0.15, 0.2) is 48.5 Å². The molecule has 1 fully saturated rings. The number of para-hydroxylation sites is 2. The molecule has 9 nitrogen and oxygen atoms in total. The van der Waals surface area contributed by atoms with Gasteiger partial charge in [-0.1, -0.05) is 12.1 Å². The molecule has 1 atom stereocenters. The van der Waals surface area contributed by atoms with Crippen LogP contribution in [0.4, 0.5) is 11.6 Å². The van der Waals surface area contributed by atoms with Crippen LogP contribution in [-0.4, -0.2) is 47.9 Å². The molecule has 2 aromatic carbocycles. The van der Waals surface area contributed by atoms with Crippen LogP contribution >= 0.6 is 0 Å². The SMILES string of the molecule is COc1ccc(N2C[C@H](C(=O)NCC(=O)Nc3nc4ccccc4[nH]3)CC2=O)cc1. The van der Waals surface area contributed by atoms with Crippen LogP contribution < -0.4 is 20.3 Å². The smallest absolute Gasteiger partial charge is 0.246 e. The zero-order valence-corrected chi connectivity index (χ0v) is 16.3. The Morgan fingerprint density at radius 1 is 1.20 bits per heavy atom. The van der Waals surface area contributed by atoms with Crippen molar-refractivity contribution >= 4 is 40.4 Å². The van der Waals surface area contributed by atoms with Crippen molar-refractivity contribution in [3.05, 3.63) is 48.5 Å². The number of methoxy groups -OCH3 is 1. The molecule has 4 rings (SSSR count). The molecule has 0 spiro atoms. The van der Waals surface area contributed by atoms with E-state index >= 15 is 0 Å². The molecule has 0 radical (unpaired) electrons. The van der Waals surface area contributed by atoms with Gasteiger partial charge in [0.1, 0.15) is 5.75 Å². The van der Waals surface area contributed by atoms with Crippen molar-refractivity contribution in [3.63, 3.8) is 0 Å². The third kappa shape index (κ3) is 4.09. The van der Waals surface area contributed by atoms with Crippen LogP contribution in [0.25, 0.3) is 11.0 Å². The van der Waals surface area contributed by atoms with Crippen LogP contribution in [-0.2, 0) is 14.4 Å². The molecule has 0 aliphatic carbocycles. The number of amides is 3. The zero-order valence-electron chi connectivity index (χ0n) is 16.3. The molecule has 0 unspecified atom stereocenters. The molecule has 30 heavy (non-hydrogen) atoms. The minimum atomic E-state index is -0.515. The van der Waals surface area contributed by atoms with Gasteiger partial charge >= 0.3 is 0 Å². The monoisotopic (exact) mass is 407 g/mol. The van der Waals surface area contributed by atoms with E-state index in [1.54, 1.807) is 36.3 Å². The highest BCUT2D eigenvalue weighted by molar-refractivity contribution is 6.01. The van der Waals surface area contributed by atoms with Gasteiger partial charge in [-0.3, -0.25) is 19.7 Å². The summed E-state index contributed by atoms with van der Waals surface area (Å²) in [4.78, 5) is 45.7. The Labute approximate surface area is 172 Å². The summed E-state index contributed by atoms with van der Waals surface area (Å²) >= 11 is 0. The number of H-pyrrole nitrogens is 1. The summed E-state index contributed by atoms with van der Waals surface area (Å²) in [6.07, 6.45) is 0.100. The van der Waals surface area contributed by atoms with E-state index in [2.05, 4.69) is 20.6 Å². The summed E-state index contributed by atoms with van der Waals surface area (Å²) in [5, 5.41) is 5.22. The number of aromatic amines is 1. The molecule has 3 amide bonds. The number of imidazole rings is 1. The molecule has 0 bridgehead atoms. The topological polar surface area (TPSA) is 116 Å². The maximum absolute atomic E-state index is 12.5. The second-order valence-electron chi connectivity index (χ2n) is 6.97. The number of hydrogen-bond donors (Lipinski definition) is 3. The maximum Gasteiger partial charge on any atom is 0.246 e. The summed E-state index contributed by atoms with van der Waals surface area (Å²) in [6.45, 7) is 0.0608. The molecular weight excluding hydrogens is 386 g/mol. The van der Waals surface area contributed by atoms with Crippen molar-refractivity contribution < 1.29 is 19.1 Å². The first-order valence-electron chi connectivity index (χ1n) is 9.50. The van der Waals surface area contributed by atoms with Gasteiger partial charge in [-0.15, -0.1) is 0 Å².